The van der Waals surface area contributed by atoms with Gasteiger partial charge in [-0.05, 0) is 61.0 Å². The van der Waals surface area contributed by atoms with E-state index in [1.165, 1.54) is 18.2 Å². The van der Waals surface area contributed by atoms with Crippen LogP contribution >= 0.6 is 0 Å². The lowest BCUT2D eigenvalue weighted by atomic mass is 10.1. The van der Waals surface area contributed by atoms with Gasteiger partial charge in [0.1, 0.15) is 11.5 Å². The molecule has 0 aliphatic heterocycles. The molecule has 0 radical (unpaired) electrons. The zero-order valence-electron chi connectivity index (χ0n) is 15.2. The van der Waals surface area contributed by atoms with Crippen molar-refractivity contribution in [2.75, 3.05) is 5.32 Å². The number of aryl methyl sites for hydroxylation is 1. The van der Waals surface area contributed by atoms with Crippen molar-refractivity contribution in [2.24, 2.45) is 0 Å². The molecule has 0 aliphatic rings. The molecule has 0 saturated carbocycles. The third-order valence-electron chi connectivity index (χ3n) is 3.89. The van der Waals surface area contributed by atoms with Gasteiger partial charge < -0.3 is 10.1 Å². The van der Waals surface area contributed by atoms with Crippen molar-refractivity contribution in [1.82, 2.24) is 0 Å². The highest BCUT2D eigenvalue weighted by Gasteiger charge is 2.09. The van der Waals surface area contributed by atoms with E-state index in [-0.39, 0.29) is 11.6 Å². The topological polar surface area (TPSA) is 81.5 Å². The van der Waals surface area contributed by atoms with Crippen LogP contribution in [0.4, 0.5) is 11.4 Å². The van der Waals surface area contributed by atoms with Crippen LogP contribution in [0.5, 0.6) is 11.5 Å². The minimum atomic E-state index is -0.482. The van der Waals surface area contributed by atoms with E-state index in [4.69, 9.17) is 4.74 Å². The number of para-hydroxylation sites is 1. The van der Waals surface area contributed by atoms with Crippen LogP contribution in [0, 0.1) is 17.0 Å². The van der Waals surface area contributed by atoms with Gasteiger partial charge in [0.25, 0.3) is 5.69 Å². The number of amides is 1. The van der Waals surface area contributed by atoms with Gasteiger partial charge in [0.2, 0.25) is 5.91 Å². The van der Waals surface area contributed by atoms with Crippen LogP contribution in [0.15, 0.2) is 78.9 Å². The number of nitrogens with zero attached hydrogens (tertiary/aromatic N) is 1. The number of anilines is 1. The highest BCUT2D eigenvalue weighted by molar-refractivity contribution is 6.02. The Labute approximate surface area is 162 Å². The Bertz CT molecular complexity index is 1030. The van der Waals surface area contributed by atoms with E-state index in [0.29, 0.717) is 17.0 Å². The predicted molar refractivity (Wildman–Crippen MR) is 108 cm³/mol. The monoisotopic (exact) mass is 374 g/mol. The first-order valence-corrected chi connectivity index (χ1v) is 8.58. The first kappa shape index (κ1) is 18.8. The summed E-state index contributed by atoms with van der Waals surface area (Å²) < 4.78 is 5.77. The summed E-state index contributed by atoms with van der Waals surface area (Å²) in [5, 5.41) is 13.7. The molecular formula is C22H18N2O4. The van der Waals surface area contributed by atoms with E-state index < -0.39 is 4.92 Å². The summed E-state index contributed by atoms with van der Waals surface area (Å²) in [5.74, 6) is 1.01. The van der Waals surface area contributed by atoms with Crippen molar-refractivity contribution in [2.45, 2.75) is 6.92 Å². The Morgan fingerprint density at radius 2 is 1.75 bits per heavy atom. The predicted octanol–water partition coefficient (Wildman–Crippen LogP) is 5.35. The molecule has 3 rings (SSSR count). The average Bonchev–Trinajstić information content (AvgIpc) is 2.68. The molecule has 0 heterocycles. The molecule has 140 valence electrons. The van der Waals surface area contributed by atoms with Gasteiger partial charge in [-0.1, -0.05) is 24.3 Å². The van der Waals surface area contributed by atoms with Crippen LogP contribution in [-0.2, 0) is 4.79 Å². The van der Waals surface area contributed by atoms with E-state index in [1.54, 1.807) is 42.5 Å². The molecule has 1 N–H and O–H groups in total. The molecule has 0 spiro atoms. The van der Waals surface area contributed by atoms with Gasteiger partial charge in [-0.15, -0.1) is 0 Å². The zero-order chi connectivity index (χ0) is 19.9. The number of nitro groups is 1. The molecule has 0 saturated heterocycles. The Balaban J connectivity index is 1.62. The lowest BCUT2D eigenvalue weighted by Crippen LogP contribution is -2.07. The molecule has 1 amide bonds. The molecule has 0 atom stereocenters. The third kappa shape index (κ3) is 5.04. The van der Waals surface area contributed by atoms with Crippen molar-refractivity contribution in [1.29, 1.82) is 0 Å². The van der Waals surface area contributed by atoms with Crippen molar-refractivity contribution < 1.29 is 14.5 Å². The normalized spacial score (nSPS) is 10.6. The van der Waals surface area contributed by atoms with Gasteiger partial charge in [0.05, 0.1) is 10.5 Å². The summed E-state index contributed by atoms with van der Waals surface area (Å²) in [4.78, 5) is 22.6. The maximum Gasteiger partial charge on any atom is 0.276 e. The highest BCUT2D eigenvalue weighted by Crippen LogP contribution is 2.24. The van der Waals surface area contributed by atoms with Gasteiger partial charge in [0, 0.05) is 17.8 Å². The van der Waals surface area contributed by atoms with Gasteiger partial charge in [0.15, 0.2) is 0 Å². The number of ether oxygens (including phenoxy) is 1. The molecule has 6 heteroatoms. The Kier molecular flexibility index (Phi) is 5.81. The van der Waals surface area contributed by atoms with Crippen LogP contribution < -0.4 is 10.1 Å². The van der Waals surface area contributed by atoms with Crippen molar-refractivity contribution in [3.8, 4) is 11.5 Å². The van der Waals surface area contributed by atoms with Crippen LogP contribution in [-0.4, -0.2) is 10.8 Å². The number of hydrogen-bond acceptors (Lipinski definition) is 4. The fourth-order valence-corrected chi connectivity index (χ4v) is 2.57. The second-order valence-electron chi connectivity index (χ2n) is 6.08. The quantitative estimate of drug-likeness (QED) is 0.358. The van der Waals surface area contributed by atoms with Crippen molar-refractivity contribution in [3.05, 3.63) is 100 Å². The Morgan fingerprint density at radius 3 is 2.46 bits per heavy atom. The smallest absolute Gasteiger partial charge is 0.276 e. The zero-order valence-corrected chi connectivity index (χ0v) is 15.2. The van der Waals surface area contributed by atoms with Crippen LogP contribution in [0.3, 0.4) is 0 Å². The number of hydrogen-bond donors (Lipinski definition) is 1. The van der Waals surface area contributed by atoms with E-state index in [2.05, 4.69) is 5.32 Å². The fourth-order valence-electron chi connectivity index (χ4n) is 2.57. The Morgan fingerprint density at radius 1 is 1.00 bits per heavy atom. The lowest BCUT2D eigenvalue weighted by Gasteiger charge is -2.08. The second-order valence-corrected chi connectivity index (χ2v) is 6.08. The van der Waals surface area contributed by atoms with Crippen LogP contribution in [0.2, 0.25) is 0 Å². The van der Waals surface area contributed by atoms with Crippen molar-refractivity contribution in [3.63, 3.8) is 0 Å². The molecule has 3 aromatic carbocycles. The molecule has 0 fully saturated rings. The second kappa shape index (κ2) is 8.64. The standard InChI is InChI=1S/C22H18N2O4/c1-16-5-4-7-20(15-16)28-19-12-10-18(11-13-19)23-22(25)14-9-17-6-2-3-8-21(17)24(26)27/h2-15H,1H3,(H,23,25)/b14-9+. The van der Waals surface area contributed by atoms with E-state index in [0.717, 1.165) is 11.3 Å². The Hall–Kier alpha value is -3.93. The van der Waals surface area contributed by atoms with Crippen molar-refractivity contribution >= 4 is 23.4 Å². The first-order chi connectivity index (χ1) is 13.5. The minimum absolute atomic E-state index is 0.0517. The molecule has 3 aromatic rings. The molecular weight excluding hydrogens is 356 g/mol. The van der Waals surface area contributed by atoms with Gasteiger partial charge in [-0.25, -0.2) is 0 Å². The summed E-state index contributed by atoms with van der Waals surface area (Å²) in [6, 6.07) is 20.9. The summed E-state index contributed by atoms with van der Waals surface area (Å²) in [5.41, 5.74) is 2.01. The summed E-state index contributed by atoms with van der Waals surface area (Å²) in [7, 11) is 0. The third-order valence-corrected chi connectivity index (χ3v) is 3.89. The summed E-state index contributed by atoms with van der Waals surface area (Å²) in [6.07, 6.45) is 2.68. The molecule has 0 unspecified atom stereocenters. The summed E-state index contributed by atoms with van der Waals surface area (Å²) >= 11 is 0. The lowest BCUT2D eigenvalue weighted by molar-refractivity contribution is -0.385. The van der Waals surface area contributed by atoms with Gasteiger partial charge in [-0.3, -0.25) is 14.9 Å². The first-order valence-electron chi connectivity index (χ1n) is 8.58. The van der Waals surface area contributed by atoms with Crippen LogP contribution in [0.25, 0.3) is 6.08 Å². The average molecular weight is 374 g/mol. The van der Waals surface area contributed by atoms with E-state index in [1.807, 2.05) is 31.2 Å². The fraction of sp³-hybridized carbons (Fsp3) is 0.0455. The van der Waals surface area contributed by atoms with Crippen LogP contribution in [0.1, 0.15) is 11.1 Å². The maximum absolute atomic E-state index is 12.1. The largest absolute Gasteiger partial charge is 0.457 e. The van der Waals surface area contributed by atoms with E-state index >= 15 is 0 Å². The minimum Gasteiger partial charge on any atom is -0.457 e. The van der Waals surface area contributed by atoms with Gasteiger partial charge in [-0.2, -0.15) is 0 Å². The summed E-state index contributed by atoms with van der Waals surface area (Å²) in [6.45, 7) is 1.99. The molecule has 6 nitrogen and oxygen atoms in total. The number of nitrogens with one attached hydrogen (secondary N) is 1. The number of benzene rings is 3. The van der Waals surface area contributed by atoms with Gasteiger partial charge >= 0.3 is 0 Å². The molecule has 0 aromatic heterocycles. The highest BCUT2D eigenvalue weighted by atomic mass is 16.6. The maximum atomic E-state index is 12.1. The number of carbonyl (C=O) groups excluding carboxylic acids is 1. The number of nitro benzene ring substituents is 1. The number of carbonyl (C=O) groups is 1. The number of rotatable bonds is 6. The molecule has 0 aliphatic carbocycles. The molecule has 0 bridgehead atoms. The van der Waals surface area contributed by atoms with E-state index in [9.17, 15) is 14.9 Å². The molecule has 28 heavy (non-hydrogen) atoms. The SMILES string of the molecule is Cc1cccc(Oc2ccc(NC(=O)/C=C/c3ccccc3[N+](=O)[O-])cc2)c1.